The predicted molar refractivity (Wildman–Crippen MR) is 111 cm³/mol. The maximum absolute atomic E-state index is 13.6. The summed E-state index contributed by atoms with van der Waals surface area (Å²) in [5.74, 6) is -2.09. The predicted octanol–water partition coefficient (Wildman–Crippen LogP) is 5.03. The lowest BCUT2D eigenvalue weighted by Crippen LogP contribution is -2.13. The van der Waals surface area contributed by atoms with Crippen molar-refractivity contribution in [1.82, 2.24) is 0 Å². The van der Waals surface area contributed by atoms with E-state index in [-0.39, 0.29) is 27.7 Å². The molecule has 0 aliphatic rings. The number of halogens is 1. The summed E-state index contributed by atoms with van der Waals surface area (Å²) < 4.78 is 24.6. The van der Waals surface area contributed by atoms with Gasteiger partial charge in [-0.3, -0.25) is 14.9 Å². The molecule has 0 aliphatic carbocycles. The van der Waals surface area contributed by atoms with E-state index in [0.717, 1.165) is 18.2 Å². The number of carbonyl (C=O) groups is 1. The number of nitro benzene ring substituents is 1. The zero-order valence-corrected chi connectivity index (χ0v) is 16.1. The smallest absolute Gasteiger partial charge is 0.347 e. The number of fused-ring (bicyclic) bond motifs is 1. The van der Waals surface area contributed by atoms with E-state index in [9.17, 15) is 24.1 Å². The summed E-state index contributed by atoms with van der Waals surface area (Å²) in [7, 11) is 0. The molecule has 0 aliphatic heterocycles. The summed E-state index contributed by atoms with van der Waals surface area (Å²) in [6.07, 6.45) is 0. The van der Waals surface area contributed by atoms with Crippen molar-refractivity contribution in [3.05, 3.63) is 104 Å². The number of para-hydroxylation sites is 1. The van der Waals surface area contributed by atoms with Crippen LogP contribution in [0.2, 0.25) is 0 Å². The molecule has 0 bridgehead atoms. The van der Waals surface area contributed by atoms with Gasteiger partial charge in [-0.15, -0.1) is 0 Å². The first-order chi connectivity index (χ1) is 14.9. The number of carbonyl (C=O) groups excluding carboxylic acids is 1. The Hall–Kier alpha value is -4.33. The summed E-state index contributed by atoms with van der Waals surface area (Å²) >= 11 is 0. The van der Waals surface area contributed by atoms with E-state index < -0.39 is 28.1 Å². The molecule has 154 valence electrons. The molecule has 0 atom stereocenters. The number of hydrogen-bond acceptors (Lipinski definition) is 6. The van der Waals surface area contributed by atoms with Crippen molar-refractivity contribution in [2.45, 2.75) is 6.92 Å². The fourth-order valence-electron chi connectivity index (χ4n) is 3.21. The SMILES string of the molecule is Cc1c(-c2ccccc2)oc2c(C(=O)Oc3cc(F)ccc3[N+](=O)[O-])cccc2c1=O. The van der Waals surface area contributed by atoms with Crippen LogP contribution in [-0.2, 0) is 0 Å². The number of rotatable bonds is 4. The van der Waals surface area contributed by atoms with Gasteiger partial charge in [-0.1, -0.05) is 36.4 Å². The van der Waals surface area contributed by atoms with Gasteiger partial charge in [-0.05, 0) is 25.1 Å². The first kappa shape index (κ1) is 20.0. The normalized spacial score (nSPS) is 10.8. The van der Waals surface area contributed by atoms with Crippen LogP contribution in [0.25, 0.3) is 22.3 Å². The summed E-state index contributed by atoms with van der Waals surface area (Å²) in [6.45, 7) is 1.62. The van der Waals surface area contributed by atoms with Crippen molar-refractivity contribution in [2.24, 2.45) is 0 Å². The highest BCUT2D eigenvalue weighted by Crippen LogP contribution is 2.31. The highest BCUT2D eigenvalue weighted by molar-refractivity contribution is 6.03. The molecule has 4 aromatic rings. The van der Waals surface area contributed by atoms with Gasteiger partial charge in [0.2, 0.25) is 5.75 Å². The number of ether oxygens (including phenoxy) is 1. The molecule has 0 saturated heterocycles. The van der Waals surface area contributed by atoms with Gasteiger partial charge in [0, 0.05) is 23.3 Å². The number of esters is 1. The Balaban J connectivity index is 1.86. The second-order valence-corrected chi connectivity index (χ2v) is 6.69. The van der Waals surface area contributed by atoms with E-state index in [1.165, 1.54) is 18.2 Å². The molecule has 1 heterocycles. The summed E-state index contributed by atoms with van der Waals surface area (Å²) in [5, 5.41) is 11.3. The van der Waals surface area contributed by atoms with Gasteiger partial charge in [-0.25, -0.2) is 9.18 Å². The molecule has 0 amide bonds. The quantitative estimate of drug-likeness (QED) is 0.199. The van der Waals surface area contributed by atoms with E-state index in [4.69, 9.17) is 9.15 Å². The summed E-state index contributed by atoms with van der Waals surface area (Å²) in [6, 6.07) is 15.8. The van der Waals surface area contributed by atoms with Gasteiger partial charge in [0.15, 0.2) is 11.0 Å². The molecule has 0 radical (unpaired) electrons. The van der Waals surface area contributed by atoms with Crippen molar-refractivity contribution in [2.75, 3.05) is 0 Å². The monoisotopic (exact) mass is 419 g/mol. The van der Waals surface area contributed by atoms with E-state index >= 15 is 0 Å². The maximum Gasteiger partial charge on any atom is 0.347 e. The lowest BCUT2D eigenvalue weighted by Gasteiger charge is -2.10. The molecule has 3 aromatic carbocycles. The molecule has 8 heteroatoms. The van der Waals surface area contributed by atoms with Crippen LogP contribution in [-0.4, -0.2) is 10.9 Å². The van der Waals surface area contributed by atoms with Gasteiger partial charge in [-0.2, -0.15) is 0 Å². The largest absolute Gasteiger partial charge is 0.455 e. The van der Waals surface area contributed by atoms with Crippen molar-refractivity contribution in [3.63, 3.8) is 0 Å². The van der Waals surface area contributed by atoms with Crippen LogP contribution < -0.4 is 10.2 Å². The summed E-state index contributed by atoms with van der Waals surface area (Å²) in [5.41, 5.74) is -0.0389. The van der Waals surface area contributed by atoms with Gasteiger partial charge in [0.1, 0.15) is 17.1 Å². The van der Waals surface area contributed by atoms with Crippen LogP contribution in [0.5, 0.6) is 5.75 Å². The Labute approximate surface area is 174 Å². The van der Waals surface area contributed by atoms with E-state index in [2.05, 4.69) is 0 Å². The topological polar surface area (TPSA) is 99.7 Å². The first-order valence-electron chi connectivity index (χ1n) is 9.15. The van der Waals surface area contributed by atoms with E-state index in [0.29, 0.717) is 11.1 Å². The molecule has 0 fully saturated rings. The third kappa shape index (κ3) is 3.66. The Morgan fingerprint density at radius 1 is 1.06 bits per heavy atom. The van der Waals surface area contributed by atoms with Crippen molar-refractivity contribution >= 4 is 22.6 Å². The number of nitro groups is 1. The molecule has 0 N–H and O–H groups in total. The van der Waals surface area contributed by atoms with E-state index in [1.54, 1.807) is 31.2 Å². The van der Waals surface area contributed by atoms with Crippen LogP contribution in [0.1, 0.15) is 15.9 Å². The minimum Gasteiger partial charge on any atom is -0.455 e. The lowest BCUT2D eigenvalue weighted by atomic mass is 10.0. The molecule has 0 spiro atoms. The fourth-order valence-corrected chi connectivity index (χ4v) is 3.21. The molecule has 1 aromatic heterocycles. The minimum absolute atomic E-state index is 0.0268. The number of benzene rings is 3. The van der Waals surface area contributed by atoms with Crippen LogP contribution >= 0.6 is 0 Å². The number of nitrogens with zero attached hydrogens (tertiary/aromatic N) is 1. The minimum atomic E-state index is -1.02. The van der Waals surface area contributed by atoms with Crippen LogP contribution in [0.3, 0.4) is 0 Å². The Kier molecular flexibility index (Phi) is 5.04. The van der Waals surface area contributed by atoms with Crippen molar-refractivity contribution in [3.8, 4) is 17.1 Å². The Morgan fingerprint density at radius 2 is 1.81 bits per heavy atom. The van der Waals surface area contributed by atoms with Gasteiger partial charge in [0.05, 0.1) is 10.3 Å². The van der Waals surface area contributed by atoms with Crippen molar-refractivity contribution < 1.29 is 23.3 Å². The lowest BCUT2D eigenvalue weighted by molar-refractivity contribution is -0.385. The van der Waals surface area contributed by atoms with Crippen LogP contribution in [0, 0.1) is 22.9 Å². The molecular weight excluding hydrogens is 405 g/mol. The van der Waals surface area contributed by atoms with Gasteiger partial charge in [0.25, 0.3) is 0 Å². The third-order valence-electron chi connectivity index (χ3n) is 4.72. The standard InChI is InChI=1S/C23H14FNO6/c1-13-20(26)16-8-5-9-17(22(16)31-21(13)14-6-3-2-4-7-14)23(27)30-19-12-15(24)10-11-18(19)25(28)29/h2-12H,1H3. The average Bonchev–Trinajstić information content (AvgIpc) is 2.76. The Bertz CT molecular complexity index is 1390. The van der Waals surface area contributed by atoms with Crippen LogP contribution in [0.4, 0.5) is 10.1 Å². The highest BCUT2D eigenvalue weighted by Gasteiger charge is 2.23. The highest BCUT2D eigenvalue weighted by atomic mass is 19.1. The van der Waals surface area contributed by atoms with Gasteiger partial charge < -0.3 is 9.15 Å². The van der Waals surface area contributed by atoms with E-state index in [1.807, 2.05) is 6.07 Å². The summed E-state index contributed by atoms with van der Waals surface area (Å²) in [4.78, 5) is 36.1. The maximum atomic E-state index is 13.6. The number of hydrogen-bond donors (Lipinski definition) is 0. The molecule has 0 unspecified atom stereocenters. The molecule has 4 rings (SSSR count). The molecule has 0 saturated carbocycles. The average molecular weight is 419 g/mol. The fraction of sp³-hybridized carbons (Fsp3) is 0.0435. The first-order valence-corrected chi connectivity index (χ1v) is 9.15. The van der Waals surface area contributed by atoms with Gasteiger partial charge >= 0.3 is 11.7 Å². The zero-order valence-electron chi connectivity index (χ0n) is 16.1. The molecule has 7 nitrogen and oxygen atoms in total. The molecular formula is C23H14FNO6. The zero-order chi connectivity index (χ0) is 22.1. The second-order valence-electron chi connectivity index (χ2n) is 6.69. The van der Waals surface area contributed by atoms with Crippen LogP contribution in [0.15, 0.2) is 75.9 Å². The second kappa shape index (κ2) is 7.83. The Morgan fingerprint density at radius 3 is 2.52 bits per heavy atom. The third-order valence-corrected chi connectivity index (χ3v) is 4.72. The molecule has 31 heavy (non-hydrogen) atoms. The van der Waals surface area contributed by atoms with Crippen molar-refractivity contribution in [1.29, 1.82) is 0 Å².